The van der Waals surface area contributed by atoms with Gasteiger partial charge in [-0.05, 0) is 55.6 Å². The van der Waals surface area contributed by atoms with Crippen LogP contribution in [0.1, 0.15) is 54.4 Å². The van der Waals surface area contributed by atoms with Crippen LogP contribution in [-0.4, -0.2) is 38.7 Å². The van der Waals surface area contributed by atoms with Crippen LogP contribution in [0.5, 0.6) is 0 Å². The normalized spacial score (nSPS) is 17.9. The zero-order chi connectivity index (χ0) is 20.5. The van der Waals surface area contributed by atoms with Crippen molar-refractivity contribution in [2.45, 2.75) is 38.5 Å². The van der Waals surface area contributed by atoms with Crippen molar-refractivity contribution in [2.75, 3.05) is 19.3 Å². The number of allylic oxidation sites excluding steroid dienone is 2. The molecular formula is C22H27N3O3S. The highest BCUT2D eigenvalue weighted by molar-refractivity contribution is 7.88. The molecule has 1 saturated carbocycles. The molecule has 0 saturated heterocycles. The predicted octanol–water partition coefficient (Wildman–Crippen LogP) is 3.25. The van der Waals surface area contributed by atoms with Crippen LogP contribution in [0.3, 0.4) is 0 Å². The third-order valence-electron chi connectivity index (χ3n) is 5.99. The van der Waals surface area contributed by atoms with E-state index < -0.39 is 10.0 Å². The van der Waals surface area contributed by atoms with Gasteiger partial charge in [0.25, 0.3) is 5.91 Å². The minimum Gasteiger partial charge on any atom is -0.352 e. The standard InChI is InChI=1S/C22H27N3O3S/c1-29(27,28)25-13-3-12-23-21(26)18-14-17-4-2-5-19(20(17)24-15-18)16-6-8-22(9-7-16)10-11-22/h2,4-6,14-15,25H,3,7-13H2,1H3,(H,23,26). The second-order valence-electron chi connectivity index (χ2n) is 8.31. The van der Waals surface area contributed by atoms with Gasteiger partial charge in [0.1, 0.15) is 0 Å². The Balaban J connectivity index is 1.43. The number of rotatable bonds is 7. The first-order chi connectivity index (χ1) is 13.9. The Hall–Kier alpha value is -2.25. The number of nitrogens with zero attached hydrogens (tertiary/aromatic N) is 1. The third-order valence-corrected chi connectivity index (χ3v) is 6.71. The first kappa shape index (κ1) is 20.0. The molecule has 4 rings (SSSR count). The molecule has 0 bridgehead atoms. The van der Waals surface area contributed by atoms with Crippen molar-refractivity contribution >= 4 is 32.4 Å². The van der Waals surface area contributed by atoms with Gasteiger partial charge in [-0.1, -0.05) is 24.3 Å². The van der Waals surface area contributed by atoms with Crippen LogP contribution in [0.2, 0.25) is 0 Å². The van der Waals surface area contributed by atoms with Crippen molar-refractivity contribution in [1.82, 2.24) is 15.0 Å². The SMILES string of the molecule is CS(=O)(=O)NCCCNC(=O)c1cnc2c(C3=CCC4(CC3)CC4)cccc2c1. The molecule has 0 unspecified atom stereocenters. The lowest BCUT2D eigenvalue weighted by atomic mass is 9.84. The molecule has 7 heteroatoms. The third kappa shape index (κ3) is 4.85. The first-order valence-electron chi connectivity index (χ1n) is 10.2. The van der Waals surface area contributed by atoms with Crippen molar-refractivity contribution < 1.29 is 13.2 Å². The molecule has 154 valence electrons. The number of para-hydroxylation sites is 1. The molecule has 0 radical (unpaired) electrons. The van der Waals surface area contributed by atoms with Crippen LogP contribution in [0, 0.1) is 5.41 Å². The van der Waals surface area contributed by atoms with Gasteiger partial charge in [-0.25, -0.2) is 13.1 Å². The fourth-order valence-electron chi connectivity index (χ4n) is 4.01. The minimum atomic E-state index is -3.20. The summed E-state index contributed by atoms with van der Waals surface area (Å²) in [6.07, 6.45) is 11.9. The lowest BCUT2D eigenvalue weighted by molar-refractivity contribution is 0.0953. The molecule has 2 aliphatic rings. The van der Waals surface area contributed by atoms with Gasteiger partial charge >= 0.3 is 0 Å². The molecule has 1 spiro atoms. The van der Waals surface area contributed by atoms with Gasteiger partial charge in [0.15, 0.2) is 0 Å². The Bertz CT molecular complexity index is 1070. The van der Waals surface area contributed by atoms with E-state index in [0.29, 0.717) is 30.5 Å². The average molecular weight is 414 g/mol. The van der Waals surface area contributed by atoms with Crippen LogP contribution in [0.25, 0.3) is 16.5 Å². The Morgan fingerprint density at radius 3 is 2.72 bits per heavy atom. The van der Waals surface area contributed by atoms with E-state index in [0.717, 1.165) is 23.6 Å². The highest BCUT2D eigenvalue weighted by Crippen LogP contribution is 2.56. The summed E-state index contributed by atoms with van der Waals surface area (Å²) >= 11 is 0. The van der Waals surface area contributed by atoms with E-state index >= 15 is 0 Å². The monoisotopic (exact) mass is 413 g/mol. The molecule has 29 heavy (non-hydrogen) atoms. The topological polar surface area (TPSA) is 88.2 Å². The molecule has 1 aromatic heterocycles. The van der Waals surface area contributed by atoms with Crippen LogP contribution in [-0.2, 0) is 10.0 Å². The molecule has 1 aromatic carbocycles. The quantitative estimate of drug-likeness (QED) is 0.682. The summed E-state index contributed by atoms with van der Waals surface area (Å²) in [4.78, 5) is 17.0. The molecule has 2 N–H and O–H groups in total. The molecule has 1 heterocycles. The number of hydrogen-bond acceptors (Lipinski definition) is 4. The highest BCUT2D eigenvalue weighted by atomic mass is 32.2. The number of carbonyl (C=O) groups is 1. The summed E-state index contributed by atoms with van der Waals surface area (Å²) in [6.45, 7) is 0.697. The van der Waals surface area contributed by atoms with E-state index in [1.54, 1.807) is 6.20 Å². The Kier molecular flexibility index (Phi) is 5.44. The first-order valence-corrected chi connectivity index (χ1v) is 12.1. The lowest BCUT2D eigenvalue weighted by Crippen LogP contribution is -2.29. The van der Waals surface area contributed by atoms with Crippen molar-refractivity contribution in [3.63, 3.8) is 0 Å². The Labute approximate surface area is 171 Å². The molecule has 1 amide bonds. The summed E-state index contributed by atoms with van der Waals surface area (Å²) < 4.78 is 24.5. The summed E-state index contributed by atoms with van der Waals surface area (Å²) in [5.41, 5.74) is 4.61. The van der Waals surface area contributed by atoms with Gasteiger partial charge in [0.2, 0.25) is 10.0 Å². The fraction of sp³-hybridized carbons (Fsp3) is 0.455. The van der Waals surface area contributed by atoms with Crippen molar-refractivity contribution in [3.8, 4) is 0 Å². The zero-order valence-electron chi connectivity index (χ0n) is 16.7. The number of amides is 1. The van der Waals surface area contributed by atoms with Gasteiger partial charge in [-0.2, -0.15) is 0 Å². The van der Waals surface area contributed by atoms with Crippen molar-refractivity contribution in [2.24, 2.45) is 5.41 Å². The number of nitrogens with one attached hydrogen (secondary N) is 2. The molecule has 1 fully saturated rings. The Morgan fingerprint density at radius 1 is 1.21 bits per heavy atom. The van der Waals surface area contributed by atoms with E-state index in [1.807, 2.05) is 18.2 Å². The van der Waals surface area contributed by atoms with Gasteiger partial charge in [-0.3, -0.25) is 9.78 Å². The van der Waals surface area contributed by atoms with Gasteiger partial charge in [0, 0.05) is 30.2 Å². The fourth-order valence-corrected chi connectivity index (χ4v) is 4.53. The number of sulfonamides is 1. The number of aromatic nitrogens is 1. The second-order valence-corrected chi connectivity index (χ2v) is 10.1. The number of benzene rings is 1. The van der Waals surface area contributed by atoms with Gasteiger partial charge in [-0.15, -0.1) is 0 Å². The van der Waals surface area contributed by atoms with E-state index in [4.69, 9.17) is 0 Å². The Morgan fingerprint density at radius 2 is 2.03 bits per heavy atom. The zero-order valence-corrected chi connectivity index (χ0v) is 17.5. The minimum absolute atomic E-state index is 0.197. The maximum absolute atomic E-state index is 12.4. The van der Waals surface area contributed by atoms with E-state index in [-0.39, 0.29) is 5.91 Å². The summed E-state index contributed by atoms with van der Waals surface area (Å²) in [5.74, 6) is -0.197. The molecule has 2 aromatic rings. The maximum Gasteiger partial charge on any atom is 0.252 e. The van der Waals surface area contributed by atoms with E-state index in [1.165, 1.54) is 36.8 Å². The lowest BCUT2D eigenvalue weighted by Gasteiger charge is -2.21. The van der Waals surface area contributed by atoms with E-state index in [2.05, 4.69) is 27.2 Å². The van der Waals surface area contributed by atoms with Crippen LogP contribution >= 0.6 is 0 Å². The highest BCUT2D eigenvalue weighted by Gasteiger charge is 2.42. The smallest absolute Gasteiger partial charge is 0.252 e. The maximum atomic E-state index is 12.4. The molecule has 0 atom stereocenters. The summed E-state index contributed by atoms with van der Waals surface area (Å²) in [6, 6.07) is 8.02. The largest absolute Gasteiger partial charge is 0.352 e. The van der Waals surface area contributed by atoms with Gasteiger partial charge in [0.05, 0.1) is 17.3 Å². The predicted molar refractivity (Wildman–Crippen MR) is 115 cm³/mol. The van der Waals surface area contributed by atoms with Crippen molar-refractivity contribution in [3.05, 3.63) is 47.7 Å². The number of pyridine rings is 1. The molecule has 2 aliphatic carbocycles. The van der Waals surface area contributed by atoms with Crippen LogP contribution < -0.4 is 10.0 Å². The number of hydrogen-bond donors (Lipinski definition) is 2. The second kappa shape index (κ2) is 7.88. The van der Waals surface area contributed by atoms with Gasteiger partial charge < -0.3 is 5.32 Å². The summed E-state index contributed by atoms with van der Waals surface area (Å²) in [5, 5.41) is 3.78. The van der Waals surface area contributed by atoms with Crippen LogP contribution in [0.15, 0.2) is 36.5 Å². The average Bonchev–Trinajstić information content (AvgIpc) is 3.45. The molecule has 0 aliphatic heterocycles. The number of fused-ring (bicyclic) bond motifs is 1. The van der Waals surface area contributed by atoms with Crippen molar-refractivity contribution in [1.29, 1.82) is 0 Å². The molecular weight excluding hydrogens is 386 g/mol. The van der Waals surface area contributed by atoms with Crippen LogP contribution in [0.4, 0.5) is 0 Å². The van der Waals surface area contributed by atoms with E-state index in [9.17, 15) is 13.2 Å². The number of carbonyl (C=O) groups excluding carboxylic acids is 1. The molecule has 6 nitrogen and oxygen atoms in total. The summed E-state index contributed by atoms with van der Waals surface area (Å²) in [7, 11) is -3.20.